The zero-order chi connectivity index (χ0) is 9.52. The Kier molecular flexibility index (Phi) is 4.57. The number of nitrogens with one attached hydrogen (secondary N) is 1. The topological polar surface area (TPSA) is 34.4 Å². The van der Waals surface area contributed by atoms with Crippen LogP contribution in [0.15, 0.2) is 22.8 Å². The number of ether oxygens (including phenoxy) is 1. The van der Waals surface area contributed by atoms with E-state index in [-0.39, 0.29) is 6.04 Å². The van der Waals surface area contributed by atoms with E-state index in [2.05, 4.69) is 12.2 Å². The minimum atomic E-state index is 0.181. The van der Waals surface area contributed by atoms with Crippen molar-refractivity contribution in [2.45, 2.75) is 19.9 Å². The van der Waals surface area contributed by atoms with Gasteiger partial charge in [-0.15, -0.1) is 0 Å². The monoisotopic (exact) mass is 183 g/mol. The molecule has 0 radical (unpaired) electrons. The summed E-state index contributed by atoms with van der Waals surface area (Å²) < 4.78 is 10.7. The van der Waals surface area contributed by atoms with E-state index in [1.807, 2.05) is 19.1 Å². The van der Waals surface area contributed by atoms with Crippen molar-refractivity contribution in [3.63, 3.8) is 0 Å². The highest BCUT2D eigenvalue weighted by atomic mass is 16.5. The summed E-state index contributed by atoms with van der Waals surface area (Å²) in [6.45, 7) is 6.38. The van der Waals surface area contributed by atoms with Crippen molar-refractivity contribution >= 4 is 0 Å². The summed E-state index contributed by atoms with van der Waals surface area (Å²) in [4.78, 5) is 0. The Bertz CT molecular complexity index is 209. The first kappa shape index (κ1) is 10.3. The number of rotatable bonds is 6. The van der Waals surface area contributed by atoms with E-state index in [1.54, 1.807) is 6.26 Å². The second kappa shape index (κ2) is 5.78. The number of hydrogen-bond acceptors (Lipinski definition) is 3. The molecule has 0 fully saturated rings. The molecular weight excluding hydrogens is 166 g/mol. The number of furan rings is 1. The SMILES string of the molecule is CCNC(COCC)c1ccco1. The van der Waals surface area contributed by atoms with Gasteiger partial charge in [-0.2, -0.15) is 0 Å². The fourth-order valence-corrected chi connectivity index (χ4v) is 1.21. The highest BCUT2D eigenvalue weighted by Crippen LogP contribution is 2.13. The molecule has 0 saturated heterocycles. The second-order valence-corrected chi connectivity index (χ2v) is 2.79. The van der Waals surface area contributed by atoms with Gasteiger partial charge < -0.3 is 14.5 Å². The fraction of sp³-hybridized carbons (Fsp3) is 0.600. The smallest absolute Gasteiger partial charge is 0.123 e. The maximum Gasteiger partial charge on any atom is 0.123 e. The maximum atomic E-state index is 5.35. The Morgan fingerprint density at radius 1 is 1.54 bits per heavy atom. The van der Waals surface area contributed by atoms with E-state index in [0.29, 0.717) is 6.61 Å². The Hall–Kier alpha value is -0.800. The largest absolute Gasteiger partial charge is 0.468 e. The zero-order valence-electron chi connectivity index (χ0n) is 8.25. The van der Waals surface area contributed by atoms with Crippen LogP contribution in [0.1, 0.15) is 25.6 Å². The van der Waals surface area contributed by atoms with Gasteiger partial charge in [0.1, 0.15) is 5.76 Å². The van der Waals surface area contributed by atoms with E-state index in [0.717, 1.165) is 18.9 Å². The predicted molar refractivity (Wildman–Crippen MR) is 51.6 cm³/mol. The van der Waals surface area contributed by atoms with Crippen molar-refractivity contribution in [3.05, 3.63) is 24.2 Å². The molecule has 0 aromatic carbocycles. The van der Waals surface area contributed by atoms with E-state index in [1.165, 1.54) is 0 Å². The van der Waals surface area contributed by atoms with Gasteiger partial charge in [-0.25, -0.2) is 0 Å². The van der Waals surface area contributed by atoms with Crippen molar-refractivity contribution in [1.82, 2.24) is 5.32 Å². The first-order chi connectivity index (χ1) is 6.38. The van der Waals surface area contributed by atoms with Crippen molar-refractivity contribution in [2.24, 2.45) is 0 Å². The molecule has 13 heavy (non-hydrogen) atoms. The molecule has 0 spiro atoms. The van der Waals surface area contributed by atoms with Gasteiger partial charge in [0, 0.05) is 6.61 Å². The molecule has 1 atom stereocenters. The van der Waals surface area contributed by atoms with Gasteiger partial charge in [0.15, 0.2) is 0 Å². The van der Waals surface area contributed by atoms with Crippen LogP contribution in [-0.4, -0.2) is 19.8 Å². The van der Waals surface area contributed by atoms with Crippen LogP contribution in [-0.2, 0) is 4.74 Å². The van der Waals surface area contributed by atoms with Gasteiger partial charge in [-0.05, 0) is 25.6 Å². The summed E-state index contributed by atoms with van der Waals surface area (Å²) in [5, 5.41) is 3.30. The summed E-state index contributed by atoms with van der Waals surface area (Å²) in [5.41, 5.74) is 0. The maximum absolute atomic E-state index is 5.35. The molecule has 1 rings (SSSR count). The summed E-state index contributed by atoms with van der Waals surface area (Å²) in [6, 6.07) is 4.04. The molecule has 1 N–H and O–H groups in total. The standard InChI is InChI=1S/C10H17NO2/c1-3-11-9(8-12-4-2)10-6-5-7-13-10/h5-7,9,11H,3-4,8H2,1-2H3. The summed E-state index contributed by atoms with van der Waals surface area (Å²) in [6.07, 6.45) is 1.69. The third kappa shape index (κ3) is 3.20. The van der Waals surface area contributed by atoms with Gasteiger partial charge in [0.25, 0.3) is 0 Å². The number of hydrogen-bond donors (Lipinski definition) is 1. The Morgan fingerprint density at radius 3 is 2.92 bits per heavy atom. The molecule has 0 aliphatic heterocycles. The van der Waals surface area contributed by atoms with Crippen molar-refractivity contribution < 1.29 is 9.15 Å². The predicted octanol–water partition coefficient (Wildman–Crippen LogP) is 1.97. The highest BCUT2D eigenvalue weighted by molar-refractivity contribution is 5.04. The Morgan fingerprint density at radius 2 is 2.38 bits per heavy atom. The first-order valence-electron chi connectivity index (χ1n) is 4.73. The molecule has 0 saturated carbocycles. The van der Waals surface area contributed by atoms with Crippen LogP contribution in [0.25, 0.3) is 0 Å². The normalized spacial score (nSPS) is 13.1. The minimum absolute atomic E-state index is 0.181. The third-order valence-corrected chi connectivity index (χ3v) is 1.83. The molecule has 1 aromatic heterocycles. The van der Waals surface area contributed by atoms with E-state index < -0.39 is 0 Å². The van der Waals surface area contributed by atoms with Crippen LogP contribution in [0.5, 0.6) is 0 Å². The molecule has 0 amide bonds. The second-order valence-electron chi connectivity index (χ2n) is 2.79. The average Bonchev–Trinajstić information content (AvgIpc) is 2.65. The molecule has 1 heterocycles. The lowest BCUT2D eigenvalue weighted by molar-refractivity contribution is 0.116. The fourth-order valence-electron chi connectivity index (χ4n) is 1.21. The molecule has 1 aromatic rings. The zero-order valence-corrected chi connectivity index (χ0v) is 8.25. The van der Waals surface area contributed by atoms with Gasteiger partial charge >= 0.3 is 0 Å². The summed E-state index contributed by atoms with van der Waals surface area (Å²) in [5.74, 6) is 0.940. The minimum Gasteiger partial charge on any atom is -0.468 e. The molecule has 0 bridgehead atoms. The lowest BCUT2D eigenvalue weighted by Crippen LogP contribution is -2.24. The van der Waals surface area contributed by atoms with Gasteiger partial charge in [-0.3, -0.25) is 0 Å². The third-order valence-electron chi connectivity index (χ3n) is 1.83. The van der Waals surface area contributed by atoms with Crippen LogP contribution in [0.3, 0.4) is 0 Å². The summed E-state index contributed by atoms with van der Waals surface area (Å²) >= 11 is 0. The lowest BCUT2D eigenvalue weighted by atomic mass is 10.2. The molecule has 74 valence electrons. The molecule has 3 nitrogen and oxygen atoms in total. The number of likely N-dealkylation sites (N-methyl/N-ethyl adjacent to an activating group) is 1. The van der Waals surface area contributed by atoms with Crippen LogP contribution in [0, 0.1) is 0 Å². The molecular formula is C10H17NO2. The van der Waals surface area contributed by atoms with Crippen LogP contribution < -0.4 is 5.32 Å². The van der Waals surface area contributed by atoms with Gasteiger partial charge in [-0.1, -0.05) is 6.92 Å². The van der Waals surface area contributed by atoms with Crippen molar-refractivity contribution in [1.29, 1.82) is 0 Å². The molecule has 0 aliphatic rings. The Labute approximate surface area is 79.1 Å². The van der Waals surface area contributed by atoms with Crippen molar-refractivity contribution in [3.8, 4) is 0 Å². The highest BCUT2D eigenvalue weighted by Gasteiger charge is 2.12. The summed E-state index contributed by atoms with van der Waals surface area (Å²) in [7, 11) is 0. The van der Waals surface area contributed by atoms with E-state index >= 15 is 0 Å². The van der Waals surface area contributed by atoms with E-state index in [4.69, 9.17) is 9.15 Å². The van der Waals surface area contributed by atoms with Gasteiger partial charge in [0.2, 0.25) is 0 Å². The van der Waals surface area contributed by atoms with E-state index in [9.17, 15) is 0 Å². The van der Waals surface area contributed by atoms with Crippen LogP contribution in [0.4, 0.5) is 0 Å². The van der Waals surface area contributed by atoms with Crippen molar-refractivity contribution in [2.75, 3.05) is 19.8 Å². The quantitative estimate of drug-likeness (QED) is 0.732. The average molecular weight is 183 g/mol. The molecule has 1 unspecified atom stereocenters. The molecule has 3 heteroatoms. The first-order valence-corrected chi connectivity index (χ1v) is 4.73. The van der Waals surface area contributed by atoms with Crippen LogP contribution >= 0.6 is 0 Å². The molecule has 0 aliphatic carbocycles. The van der Waals surface area contributed by atoms with Crippen LogP contribution in [0.2, 0.25) is 0 Å². The Balaban J connectivity index is 2.47. The van der Waals surface area contributed by atoms with Gasteiger partial charge in [0.05, 0.1) is 18.9 Å². The lowest BCUT2D eigenvalue weighted by Gasteiger charge is -2.14.